The fraction of sp³-hybridized carbons (Fsp3) is 0.250. The Morgan fingerprint density at radius 3 is 2.52 bits per heavy atom. The second-order valence-corrected chi connectivity index (χ2v) is 6.90. The Balaban J connectivity index is 0.00000341. The average molecular weight is 532 g/mol. The molecule has 0 amide bonds. The first kappa shape index (κ1) is 24.6. The second-order valence-electron chi connectivity index (χ2n) is 6.90. The molecule has 0 saturated carbocycles. The lowest BCUT2D eigenvalue weighted by Crippen LogP contribution is -2.39. The van der Waals surface area contributed by atoms with Crippen molar-refractivity contribution in [2.75, 3.05) is 13.1 Å². The van der Waals surface area contributed by atoms with E-state index in [0.29, 0.717) is 19.0 Å². The number of halogens is 1. The number of guanidine groups is 1. The highest BCUT2D eigenvalue weighted by Gasteiger charge is 2.09. The monoisotopic (exact) mass is 532 g/mol. The average Bonchev–Trinajstić information content (AvgIpc) is 2.78. The van der Waals surface area contributed by atoms with Crippen molar-refractivity contribution in [2.24, 2.45) is 4.99 Å². The van der Waals surface area contributed by atoms with Gasteiger partial charge in [0.15, 0.2) is 5.96 Å². The minimum atomic E-state index is -0.645. The van der Waals surface area contributed by atoms with E-state index < -0.39 is 6.10 Å². The maximum Gasteiger partial charge on any atom is 0.191 e. The summed E-state index contributed by atoms with van der Waals surface area (Å²) in [6.45, 7) is 5.56. The highest BCUT2D eigenvalue weighted by Crippen LogP contribution is 2.27. The van der Waals surface area contributed by atoms with Gasteiger partial charge >= 0.3 is 0 Å². The third-order valence-electron chi connectivity index (χ3n) is 4.50. The van der Waals surface area contributed by atoms with Gasteiger partial charge in [0.2, 0.25) is 0 Å². The number of aliphatic hydroxyl groups excluding tert-OH is 1. The van der Waals surface area contributed by atoms with E-state index in [-0.39, 0.29) is 24.0 Å². The minimum absolute atomic E-state index is 0. The van der Waals surface area contributed by atoms with E-state index in [9.17, 15) is 5.11 Å². The highest BCUT2D eigenvalue weighted by molar-refractivity contribution is 14.0. The SMILES string of the molecule is CCNC(=NCc1ccc(C)cc1Oc1ccccc1)NCC(O)c1ccncc1.I. The number of hydrogen-bond donors (Lipinski definition) is 3. The number of para-hydroxylation sites is 1. The number of benzene rings is 2. The molecule has 2 aromatic carbocycles. The summed E-state index contributed by atoms with van der Waals surface area (Å²) in [5, 5.41) is 16.8. The summed E-state index contributed by atoms with van der Waals surface area (Å²) < 4.78 is 6.08. The third-order valence-corrected chi connectivity index (χ3v) is 4.50. The quantitative estimate of drug-likeness (QED) is 0.225. The van der Waals surface area contributed by atoms with Crippen molar-refractivity contribution in [1.29, 1.82) is 0 Å². The molecule has 0 saturated heterocycles. The van der Waals surface area contributed by atoms with Crippen molar-refractivity contribution in [2.45, 2.75) is 26.5 Å². The summed E-state index contributed by atoms with van der Waals surface area (Å²) in [7, 11) is 0. The Hall–Kier alpha value is -2.65. The standard InChI is InChI=1S/C24H28N4O2.HI/c1-3-26-24(28-17-22(29)19-11-13-25-14-12-19)27-16-20-10-9-18(2)15-23(20)30-21-7-5-4-6-8-21;/h4-15,22,29H,3,16-17H2,1-2H3,(H2,26,27,28);1H. The molecular weight excluding hydrogens is 503 g/mol. The van der Waals surface area contributed by atoms with Gasteiger partial charge < -0.3 is 20.5 Å². The molecular formula is C24H29IN4O2. The largest absolute Gasteiger partial charge is 0.457 e. The molecule has 0 aliphatic carbocycles. The number of ether oxygens (including phenoxy) is 1. The molecule has 1 heterocycles. The van der Waals surface area contributed by atoms with Gasteiger partial charge in [-0.1, -0.05) is 30.3 Å². The smallest absolute Gasteiger partial charge is 0.191 e. The first-order valence-electron chi connectivity index (χ1n) is 10.1. The highest BCUT2D eigenvalue weighted by atomic mass is 127. The number of nitrogens with one attached hydrogen (secondary N) is 2. The lowest BCUT2D eigenvalue weighted by molar-refractivity contribution is 0.180. The molecule has 6 nitrogen and oxygen atoms in total. The fourth-order valence-electron chi connectivity index (χ4n) is 2.91. The minimum Gasteiger partial charge on any atom is -0.457 e. The molecule has 3 aromatic rings. The van der Waals surface area contributed by atoms with Crippen LogP contribution in [0.1, 0.15) is 29.7 Å². The number of pyridine rings is 1. The Labute approximate surface area is 200 Å². The zero-order valence-electron chi connectivity index (χ0n) is 17.8. The van der Waals surface area contributed by atoms with Crippen molar-refractivity contribution in [3.8, 4) is 11.5 Å². The summed E-state index contributed by atoms with van der Waals surface area (Å²) in [6.07, 6.45) is 2.70. The van der Waals surface area contributed by atoms with Crippen LogP contribution in [0.2, 0.25) is 0 Å². The summed E-state index contributed by atoms with van der Waals surface area (Å²) in [5.74, 6) is 2.22. The summed E-state index contributed by atoms with van der Waals surface area (Å²) in [6, 6.07) is 19.4. The van der Waals surface area contributed by atoms with Gasteiger partial charge in [0.05, 0.1) is 12.6 Å². The van der Waals surface area contributed by atoms with Gasteiger partial charge in [-0.3, -0.25) is 4.98 Å². The number of rotatable bonds is 8. The van der Waals surface area contributed by atoms with Crippen LogP contribution in [-0.4, -0.2) is 29.1 Å². The van der Waals surface area contributed by atoms with Gasteiger partial charge in [-0.2, -0.15) is 0 Å². The van der Waals surface area contributed by atoms with Crippen LogP contribution in [-0.2, 0) is 6.54 Å². The van der Waals surface area contributed by atoms with Crippen LogP contribution in [0.15, 0.2) is 78.0 Å². The topological polar surface area (TPSA) is 78.8 Å². The maximum atomic E-state index is 10.4. The Kier molecular flexibility index (Phi) is 10.3. The Morgan fingerprint density at radius 2 is 1.81 bits per heavy atom. The van der Waals surface area contributed by atoms with Gasteiger partial charge in [-0.05, 0) is 55.3 Å². The second kappa shape index (κ2) is 12.9. The molecule has 0 aliphatic heterocycles. The number of aliphatic hydroxyl groups is 1. The van der Waals surface area contributed by atoms with Crippen LogP contribution in [0, 0.1) is 6.92 Å². The molecule has 1 aromatic heterocycles. The predicted molar refractivity (Wildman–Crippen MR) is 135 cm³/mol. The summed E-state index contributed by atoms with van der Waals surface area (Å²) in [5.41, 5.74) is 2.92. The number of aromatic nitrogens is 1. The van der Waals surface area contributed by atoms with Crippen LogP contribution >= 0.6 is 24.0 Å². The van der Waals surface area contributed by atoms with Crippen molar-refractivity contribution in [3.63, 3.8) is 0 Å². The predicted octanol–water partition coefficient (Wildman–Crippen LogP) is 4.59. The molecule has 0 radical (unpaired) electrons. The molecule has 31 heavy (non-hydrogen) atoms. The van der Waals surface area contributed by atoms with Gasteiger partial charge in [0, 0.05) is 31.0 Å². The van der Waals surface area contributed by atoms with E-state index in [4.69, 9.17) is 4.74 Å². The molecule has 3 N–H and O–H groups in total. The van der Waals surface area contributed by atoms with Crippen LogP contribution in [0.5, 0.6) is 11.5 Å². The van der Waals surface area contributed by atoms with E-state index in [1.165, 1.54) is 0 Å². The van der Waals surface area contributed by atoms with E-state index in [2.05, 4.69) is 26.7 Å². The third kappa shape index (κ3) is 7.84. The number of aliphatic imine (C=N–C) groups is 1. The zero-order chi connectivity index (χ0) is 21.2. The van der Waals surface area contributed by atoms with E-state index in [0.717, 1.165) is 34.7 Å². The molecule has 1 atom stereocenters. The van der Waals surface area contributed by atoms with Crippen molar-refractivity contribution in [1.82, 2.24) is 15.6 Å². The van der Waals surface area contributed by atoms with Crippen LogP contribution in [0.4, 0.5) is 0 Å². The van der Waals surface area contributed by atoms with Gasteiger partial charge in [-0.25, -0.2) is 4.99 Å². The molecule has 1 unspecified atom stereocenters. The first-order chi connectivity index (χ1) is 14.7. The Bertz CT molecular complexity index is 952. The molecule has 0 fully saturated rings. The molecule has 164 valence electrons. The molecule has 0 aliphatic rings. The first-order valence-corrected chi connectivity index (χ1v) is 10.1. The van der Waals surface area contributed by atoms with E-state index in [1.54, 1.807) is 24.5 Å². The van der Waals surface area contributed by atoms with Crippen molar-refractivity contribution >= 4 is 29.9 Å². The molecule has 0 spiro atoms. The van der Waals surface area contributed by atoms with Gasteiger partial charge in [0.1, 0.15) is 11.5 Å². The normalized spacial score (nSPS) is 11.9. The van der Waals surface area contributed by atoms with E-state index >= 15 is 0 Å². The summed E-state index contributed by atoms with van der Waals surface area (Å²) >= 11 is 0. The lowest BCUT2D eigenvalue weighted by Gasteiger charge is -2.16. The van der Waals surface area contributed by atoms with Gasteiger partial charge in [-0.15, -0.1) is 24.0 Å². The van der Waals surface area contributed by atoms with Crippen molar-refractivity contribution < 1.29 is 9.84 Å². The van der Waals surface area contributed by atoms with Gasteiger partial charge in [0.25, 0.3) is 0 Å². The Morgan fingerprint density at radius 1 is 1.06 bits per heavy atom. The zero-order valence-corrected chi connectivity index (χ0v) is 20.1. The number of nitrogens with zero attached hydrogens (tertiary/aromatic N) is 2. The van der Waals surface area contributed by atoms with Crippen LogP contribution in [0.25, 0.3) is 0 Å². The number of hydrogen-bond acceptors (Lipinski definition) is 4. The van der Waals surface area contributed by atoms with E-state index in [1.807, 2.05) is 56.3 Å². The molecule has 3 rings (SSSR count). The molecule has 7 heteroatoms. The number of aryl methyl sites for hydroxylation is 1. The lowest BCUT2D eigenvalue weighted by atomic mass is 10.1. The van der Waals surface area contributed by atoms with Crippen LogP contribution < -0.4 is 15.4 Å². The van der Waals surface area contributed by atoms with Crippen molar-refractivity contribution in [3.05, 3.63) is 89.7 Å². The molecule has 0 bridgehead atoms. The maximum absolute atomic E-state index is 10.4. The summed E-state index contributed by atoms with van der Waals surface area (Å²) in [4.78, 5) is 8.65. The van der Waals surface area contributed by atoms with Crippen LogP contribution in [0.3, 0.4) is 0 Å². The fourth-order valence-corrected chi connectivity index (χ4v) is 2.91.